The predicted molar refractivity (Wildman–Crippen MR) is 71.8 cm³/mol. The second-order valence-electron chi connectivity index (χ2n) is 4.32. The van der Waals surface area contributed by atoms with Gasteiger partial charge in [-0.3, -0.25) is 0 Å². The van der Waals surface area contributed by atoms with E-state index in [-0.39, 0.29) is 28.6 Å². The molecule has 0 atom stereocenters. The number of anilines is 1. The van der Waals surface area contributed by atoms with Crippen LogP contribution in [0.2, 0.25) is 5.02 Å². The van der Waals surface area contributed by atoms with Crippen LogP contribution in [0.5, 0.6) is 5.75 Å². The zero-order valence-corrected chi connectivity index (χ0v) is 11.3. The first kappa shape index (κ1) is 15.4. The number of rotatable bonds is 3. The molecule has 0 bridgehead atoms. The van der Waals surface area contributed by atoms with Gasteiger partial charge in [0.2, 0.25) is 0 Å². The molecule has 0 radical (unpaired) electrons. The number of alkyl halides is 3. The van der Waals surface area contributed by atoms with Crippen molar-refractivity contribution in [1.29, 1.82) is 0 Å². The van der Waals surface area contributed by atoms with Gasteiger partial charge in [0.1, 0.15) is 11.6 Å². The summed E-state index contributed by atoms with van der Waals surface area (Å²) in [6.45, 7) is -0.0649. The second-order valence-corrected chi connectivity index (χ2v) is 4.73. The molecule has 0 aliphatic rings. The van der Waals surface area contributed by atoms with E-state index in [0.717, 1.165) is 30.3 Å². The largest absolute Gasteiger partial charge is 0.508 e. The number of phenolic OH excluding ortho intramolecular Hbond substituents is 1. The molecule has 0 aliphatic carbocycles. The van der Waals surface area contributed by atoms with Crippen molar-refractivity contribution in [2.75, 3.05) is 5.32 Å². The quantitative estimate of drug-likeness (QED) is 0.795. The molecule has 0 fully saturated rings. The minimum atomic E-state index is -4.48. The predicted octanol–water partition coefficient (Wildman–Crippen LogP) is 4.82. The van der Waals surface area contributed by atoms with E-state index < -0.39 is 17.6 Å². The minimum Gasteiger partial charge on any atom is -0.508 e. The maximum atomic E-state index is 13.1. The van der Waals surface area contributed by atoms with E-state index in [4.69, 9.17) is 11.6 Å². The molecular weight excluding hydrogens is 310 g/mol. The molecule has 2 rings (SSSR count). The Labute approximate surface area is 123 Å². The number of phenols is 1. The number of benzene rings is 2. The van der Waals surface area contributed by atoms with Gasteiger partial charge in [0, 0.05) is 12.1 Å². The molecule has 0 aromatic heterocycles. The molecular formula is C14H10ClF4NO. The van der Waals surface area contributed by atoms with Crippen molar-refractivity contribution in [1.82, 2.24) is 0 Å². The highest BCUT2D eigenvalue weighted by Crippen LogP contribution is 2.34. The molecule has 0 amide bonds. The summed E-state index contributed by atoms with van der Waals surface area (Å²) in [6.07, 6.45) is -4.48. The molecule has 112 valence electrons. The first-order valence-corrected chi connectivity index (χ1v) is 6.23. The van der Waals surface area contributed by atoms with Gasteiger partial charge in [0.25, 0.3) is 0 Å². The van der Waals surface area contributed by atoms with Gasteiger partial charge in [-0.25, -0.2) is 4.39 Å². The van der Waals surface area contributed by atoms with Gasteiger partial charge in [-0.15, -0.1) is 0 Å². The van der Waals surface area contributed by atoms with Gasteiger partial charge in [0.15, 0.2) is 0 Å². The van der Waals surface area contributed by atoms with Crippen LogP contribution >= 0.6 is 11.6 Å². The molecule has 0 spiro atoms. The van der Waals surface area contributed by atoms with Crippen LogP contribution in [0.25, 0.3) is 0 Å². The summed E-state index contributed by atoms with van der Waals surface area (Å²) in [7, 11) is 0. The second kappa shape index (κ2) is 5.81. The van der Waals surface area contributed by atoms with Gasteiger partial charge in [-0.2, -0.15) is 13.2 Å². The lowest BCUT2D eigenvalue weighted by molar-refractivity contribution is -0.137. The lowest BCUT2D eigenvalue weighted by Gasteiger charge is -2.13. The third kappa shape index (κ3) is 3.78. The van der Waals surface area contributed by atoms with E-state index in [1.165, 1.54) is 6.07 Å². The van der Waals surface area contributed by atoms with Crippen LogP contribution in [0.1, 0.15) is 11.1 Å². The van der Waals surface area contributed by atoms with E-state index >= 15 is 0 Å². The number of hydrogen-bond donors (Lipinski definition) is 2. The van der Waals surface area contributed by atoms with Gasteiger partial charge in [-0.05, 0) is 36.4 Å². The van der Waals surface area contributed by atoms with E-state index in [1.807, 2.05) is 0 Å². The average Bonchev–Trinajstić information content (AvgIpc) is 2.40. The molecule has 2 nitrogen and oxygen atoms in total. The average molecular weight is 320 g/mol. The molecule has 0 heterocycles. The van der Waals surface area contributed by atoms with Crippen molar-refractivity contribution >= 4 is 17.3 Å². The van der Waals surface area contributed by atoms with E-state index in [9.17, 15) is 22.7 Å². The first-order chi connectivity index (χ1) is 9.77. The summed E-state index contributed by atoms with van der Waals surface area (Å²) in [5.41, 5.74) is -0.587. The maximum absolute atomic E-state index is 13.1. The van der Waals surface area contributed by atoms with Crippen LogP contribution in [0, 0.1) is 5.82 Å². The number of nitrogens with one attached hydrogen (secondary N) is 1. The number of halogens is 5. The summed E-state index contributed by atoms with van der Waals surface area (Å²) in [5.74, 6) is -0.716. The van der Waals surface area contributed by atoms with Crippen LogP contribution in [-0.2, 0) is 12.7 Å². The molecule has 0 aliphatic heterocycles. The van der Waals surface area contributed by atoms with Gasteiger partial charge >= 0.3 is 6.18 Å². The summed E-state index contributed by atoms with van der Waals surface area (Å²) < 4.78 is 50.9. The van der Waals surface area contributed by atoms with Gasteiger partial charge < -0.3 is 10.4 Å². The summed E-state index contributed by atoms with van der Waals surface area (Å²) in [5, 5.41) is 12.3. The Morgan fingerprint density at radius 3 is 2.48 bits per heavy atom. The van der Waals surface area contributed by atoms with Crippen LogP contribution in [0.15, 0.2) is 36.4 Å². The van der Waals surface area contributed by atoms with Crippen LogP contribution < -0.4 is 5.32 Å². The fraction of sp³-hybridized carbons (Fsp3) is 0.143. The Kier molecular flexibility index (Phi) is 4.27. The van der Waals surface area contributed by atoms with Crippen molar-refractivity contribution in [2.24, 2.45) is 0 Å². The Morgan fingerprint density at radius 1 is 1.10 bits per heavy atom. The van der Waals surface area contributed by atoms with E-state index in [2.05, 4.69) is 5.32 Å². The summed E-state index contributed by atoms with van der Waals surface area (Å²) in [4.78, 5) is 0. The molecule has 2 N–H and O–H groups in total. The molecule has 2 aromatic carbocycles. The number of aromatic hydroxyl groups is 1. The van der Waals surface area contributed by atoms with Gasteiger partial charge in [-0.1, -0.05) is 11.6 Å². The van der Waals surface area contributed by atoms with Crippen molar-refractivity contribution in [3.63, 3.8) is 0 Å². The Hall–Kier alpha value is -1.95. The van der Waals surface area contributed by atoms with Crippen LogP contribution in [0.3, 0.4) is 0 Å². The highest BCUT2D eigenvalue weighted by Gasteiger charge is 2.30. The summed E-state index contributed by atoms with van der Waals surface area (Å²) >= 11 is 5.82. The molecule has 7 heteroatoms. The van der Waals surface area contributed by atoms with Crippen molar-refractivity contribution in [2.45, 2.75) is 12.7 Å². The van der Waals surface area contributed by atoms with Crippen molar-refractivity contribution in [3.8, 4) is 5.75 Å². The number of hydrogen-bond acceptors (Lipinski definition) is 2. The maximum Gasteiger partial charge on any atom is 0.416 e. The lowest BCUT2D eigenvalue weighted by Crippen LogP contribution is -2.07. The SMILES string of the molecule is Oc1ccc(F)cc1CNc1cc(C(F)(F)F)ccc1Cl. The smallest absolute Gasteiger partial charge is 0.416 e. The Balaban J connectivity index is 2.22. The highest BCUT2D eigenvalue weighted by molar-refractivity contribution is 6.33. The molecule has 0 saturated carbocycles. The van der Waals surface area contributed by atoms with Crippen LogP contribution in [-0.4, -0.2) is 5.11 Å². The van der Waals surface area contributed by atoms with Crippen molar-refractivity contribution in [3.05, 3.63) is 58.4 Å². The monoisotopic (exact) mass is 319 g/mol. The first-order valence-electron chi connectivity index (χ1n) is 5.85. The minimum absolute atomic E-state index is 0.0511. The highest BCUT2D eigenvalue weighted by atomic mass is 35.5. The molecule has 0 unspecified atom stereocenters. The van der Waals surface area contributed by atoms with Crippen molar-refractivity contribution < 1.29 is 22.7 Å². The lowest BCUT2D eigenvalue weighted by atomic mass is 10.1. The fourth-order valence-corrected chi connectivity index (χ4v) is 1.91. The zero-order valence-electron chi connectivity index (χ0n) is 10.5. The normalized spacial score (nSPS) is 11.5. The third-order valence-electron chi connectivity index (χ3n) is 2.80. The Bertz CT molecular complexity index is 658. The topological polar surface area (TPSA) is 32.3 Å². The van der Waals surface area contributed by atoms with Gasteiger partial charge in [0.05, 0.1) is 16.3 Å². The van der Waals surface area contributed by atoms with Crippen LogP contribution in [0.4, 0.5) is 23.2 Å². The van der Waals surface area contributed by atoms with E-state index in [0.29, 0.717) is 0 Å². The molecule has 2 aromatic rings. The van der Waals surface area contributed by atoms with E-state index in [1.54, 1.807) is 0 Å². The third-order valence-corrected chi connectivity index (χ3v) is 3.13. The fourth-order valence-electron chi connectivity index (χ4n) is 1.72. The standard InChI is InChI=1S/C14H10ClF4NO/c15-11-3-1-9(14(17,18)19)6-12(11)20-7-8-5-10(16)2-4-13(8)21/h1-6,20-21H,7H2. The Morgan fingerprint density at radius 2 is 1.81 bits per heavy atom. The molecule has 21 heavy (non-hydrogen) atoms. The summed E-state index contributed by atoms with van der Waals surface area (Å²) in [6, 6.07) is 6.18. The zero-order chi connectivity index (χ0) is 15.6. The molecule has 0 saturated heterocycles.